The summed E-state index contributed by atoms with van der Waals surface area (Å²) < 4.78 is 14.0. The first kappa shape index (κ1) is 14.0. The van der Waals surface area contributed by atoms with Crippen molar-refractivity contribution in [2.75, 3.05) is 0 Å². The molecule has 2 N–H and O–H groups in total. The van der Waals surface area contributed by atoms with Gasteiger partial charge in [-0.1, -0.05) is 24.8 Å². The molecular formula is C14H16FN3S. The quantitative estimate of drug-likeness (QED) is 0.912. The predicted octanol–water partition coefficient (Wildman–Crippen LogP) is 3.05. The second-order valence-corrected chi connectivity index (χ2v) is 5.35. The molecule has 1 aromatic carbocycles. The monoisotopic (exact) mass is 277 g/mol. The molecule has 0 aliphatic rings. The van der Waals surface area contributed by atoms with Gasteiger partial charge in [0.05, 0.1) is 6.20 Å². The Kier molecular flexibility index (Phi) is 4.87. The summed E-state index contributed by atoms with van der Waals surface area (Å²) >= 11 is 1.27. The van der Waals surface area contributed by atoms with E-state index in [4.69, 9.17) is 5.73 Å². The van der Waals surface area contributed by atoms with E-state index in [9.17, 15) is 4.39 Å². The van der Waals surface area contributed by atoms with Crippen molar-refractivity contribution in [2.24, 2.45) is 5.73 Å². The molecular weight excluding hydrogens is 261 g/mol. The molecule has 100 valence electrons. The third-order valence-corrected chi connectivity index (χ3v) is 3.74. The van der Waals surface area contributed by atoms with Gasteiger partial charge in [0.2, 0.25) is 0 Å². The smallest absolute Gasteiger partial charge is 0.137 e. The largest absolute Gasteiger partial charge is 0.327 e. The lowest BCUT2D eigenvalue weighted by Gasteiger charge is -2.10. The average Bonchev–Trinajstić information content (AvgIpc) is 2.43. The molecule has 0 saturated heterocycles. The van der Waals surface area contributed by atoms with Gasteiger partial charge >= 0.3 is 0 Å². The fourth-order valence-electron chi connectivity index (χ4n) is 1.65. The molecule has 0 radical (unpaired) electrons. The summed E-state index contributed by atoms with van der Waals surface area (Å²) in [6.45, 7) is 2.03. The number of rotatable bonds is 5. The second kappa shape index (κ2) is 6.63. The minimum atomic E-state index is -0.239. The summed E-state index contributed by atoms with van der Waals surface area (Å²) in [5, 5.41) is 0.680. The highest BCUT2D eigenvalue weighted by atomic mass is 32.2. The van der Waals surface area contributed by atoms with E-state index in [2.05, 4.69) is 9.97 Å². The molecule has 2 rings (SSSR count). The first-order chi connectivity index (χ1) is 9.19. The van der Waals surface area contributed by atoms with Crippen molar-refractivity contribution in [1.82, 2.24) is 9.97 Å². The maximum Gasteiger partial charge on any atom is 0.137 e. The standard InChI is InChI=1S/C14H16FN3S/c1-2-11(16)7-10-3-4-13(12(15)8-10)19-14-9-17-5-6-18-14/h3-6,8-9,11H,2,7,16H2,1H3. The number of hydrogen-bond donors (Lipinski definition) is 1. The lowest BCUT2D eigenvalue weighted by atomic mass is 10.0. The number of halogens is 1. The summed E-state index contributed by atoms with van der Waals surface area (Å²) in [5.41, 5.74) is 6.80. The number of nitrogens with two attached hydrogens (primary N) is 1. The van der Waals surface area contributed by atoms with Crippen molar-refractivity contribution < 1.29 is 4.39 Å². The molecule has 1 atom stereocenters. The first-order valence-electron chi connectivity index (χ1n) is 6.17. The maximum atomic E-state index is 14.0. The van der Waals surface area contributed by atoms with Gasteiger partial charge in [0.25, 0.3) is 0 Å². The molecule has 3 nitrogen and oxygen atoms in total. The van der Waals surface area contributed by atoms with E-state index in [-0.39, 0.29) is 11.9 Å². The van der Waals surface area contributed by atoms with Crippen LogP contribution in [0.5, 0.6) is 0 Å². The summed E-state index contributed by atoms with van der Waals surface area (Å²) in [7, 11) is 0. The van der Waals surface area contributed by atoms with Crippen molar-refractivity contribution in [3.8, 4) is 0 Å². The predicted molar refractivity (Wildman–Crippen MR) is 74.5 cm³/mol. The lowest BCUT2D eigenvalue weighted by molar-refractivity contribution is 0.592. The van der Waals surface area contributed by atoms with Gasteiger partial charge in [0.1, 0.15) is 10.8 Å². The zero-order valence-corrected chi connectivity index (χ0v) is 11.5. The molecule has 0 aliphatic heterocycles. The Morgan fingerprint density at radius 1 is 1.37 bits per heavy atom. The summed E-state index contributed by atoms with van der Waals surface area (Å²) in [6.07, 6.45) is 6.39. The first-order valence-corrected chi connectivity index (χ1v) is 6.98. The third-order valence-electron chi connectivity index (χ3n) is 2.77. The third kappa shape index (κ3) is 4.01. The van der Waals surface area contributed by atoms with E-state index < -0.39 is 0 Å². The van der Waals surface area contributed by atoms with E-state index in [1.165, 1.54) is 11.8 Å². The normalized spacial score (nSPS) is 12.4. The van der Waals surface area contributed by atoms with Gasteiger partial charge < -0.3 is 5.73 Å². The van der Waals surface area contributed by atoms with Gasteiger partial charge in [0.15, 0.2) is 0 Å². The molecule has 5 heteroatoms. The zero-order valence-electron chi connectivity index (χ0n) is 10.7. The van der Waals surface area contributed by atoms with Crippen LogP contribution in [-0.4, -0.2) is 16.0 Å². The maximum absolute atomic E-state index is 14.0. The van der Waals surface area contributed by atoms with Crippen molar-refractivity contribution in [3.05, 3.63) is 48.2 Å². The van der Waals surface area contributed by atoms with Crippen LogP contribution in [0.4, 0.5) is 4.39 Å². The molecule has 0 fully saturated rings. The van der Waals surface area contributed by atoms with Crippen molar-refractivity contribution >= 4 is 11.8 Å². The molecule has 0 aliphatic carbocycles. The Labute approximate surface area is 116 Å². The number of hydrogen-bond acceptors (Lipinski definition) is 4. The van der Waals surface area contributed by atoms with Crippen LogP contribution in [0.3, 0.4) is 0 Å². The van der Waals surface area contributed by atoms with E-state index in [1.807, 2.05) is 13.0 Å². The number of aromatic nitrogens is 2. The summed E-state index contributed by atoms with van der Waals surface area (Å²) in [5.74, 6) is -0.239. The van der Waals surface area contributed by atoms with Crippen LogP contribution < -0.4 is 5.73 Å². The Morgan fingerprint density at radius 2 is 2.21 bits per heavy atom. The van der Waals surface area contributed by atoms with Crippen molar-refractivity contribution in [1.29, 1.82) is 0 Å². The Morgan fingerprint density at radius 3 is 2.84 bits per heavy atom. The molecule has 2 aromatic rings. The van der Waals surface area contributed by atoms with E-state index in [0.717, 1.165) is 12.0 Å². The SMILES string of the molecule is CCC(N)Cc1ccc(Sc2cnccn2)c(F)c1. The lowest BCUT2D eigenvalue weighted by Crippen LogP contribution is -2.21. The molecule has 1 aromatic heterocycles. The highest BCUT2D eigenvalue weighted by molar-refractivity contribution is 7.99. The summed E-state index contributed by atoms with van der Waals surface area (Å²) in [6, 6.07) is 5.32. The molecule has 0 amide bonds. The fraction of sp³-hybridized carbons (Fsp3) is 0.286. The van der Waals surface area contributed by atoms with Gasteiger partial charge in [-0.25, -0.2) is 9.37 Å². The van der Waals surface area contributed by atoms with E-state index >= 15 is 0 Å². The number of nitrogens with zero attached hydrogens (tertiary/aromatic N) is 2. The van der Waals surface area contributed by atoms with Crippen LogP contribution in [-0.2, 0) is 6.42 Å². The molecule has 19 heavy (non-hydrogen) atoms. The Bertz CT molecular complexity index is 533. The van der Waals surface area contributed by atoms with Crippen LogP contribution in [0.1, 0.15) is 18.9 Å². The van der Waals surface area contributed by atoms with Gasteiger partial charge in [-0.3, -0.25) is 4.98 Å². The molecule has 0 bridgehead atoms. The number of benzene rings is 1. The second-order valence-electron chi connectivity index (χ2n) is 4.28. The van der Waals surface area contributed by atoms with E-state index in [0.29, 0.717) is 16.3 Å². The van der Waals surface area contributed by atoms with Gasteiger partial charge in [0, 0.05) is 23.3 Å². The Balaban J connectivity index is 2.11. The fourth-order valence-corrected chi connectivity index (χ4v) is 2.40. The van der Waals surface area contributed by atoms with Crippen LogP contribution in [0.2, 0.25) is 0 Å². The molecule has 1 heterocycles. The highest BCUT2D eigenvalue weighted by Crippen LogP contribution is 2.28. The van der Waals surface area contributed by atoms with Gasteiger partial charge in [-0.05, 0) is 30.5 Å². The van der Waals surface area contributed by atoms with Crippen LogP contribution in [0.15, 0.2) is 46.7 Å². The summed E-state index contributed by atoms with van der Waals surface area (Å²) in [4.78, 5) is 8.62. The zero-order chi connectivity index (χ0) is 13.7. The van der Waals surface area contributed by atoms with Crippen LogP contribution in [0, 0.1) is 5.82 Å². The average molecular weight is 277 g/mol. The van der Waals surface area contributed by atoms with Gasteiger partial charge in [-0.2, -0.15) is 0 Å². The van der Waals surface area contributed by atoms with Gasteiger partial charge in [-0.15, -0.1) is 0 Å². The highest BCUT2D eigenvalue weighted by Gasteiger charge is 2.08. The molecule has 0 spiro atoms. The van der Waals surface area contributed by atoms with Crippen molar-refractivity contribution in [3.63, 3.8) is 0 Å². The Hall–Kier alpha value is -1.46. The topological polar surface area (TPSA) is 51.8 Å². The van der Waals surface area contributed by atoms with E-state index in [1.54, 1.807) is 30.7 Å². The van der Waals surface area contributed by atoms with Crippen LogP contribution in [0.25, 0.3) is 0 Å². The minimum absolute atomic E-state index is 0.0814. The van der Waals surface area contributed by atoms with Crippen LogP contribution >= 0.6 is 11.8 Å². The molecule has 1 unspecified atom stereocenters. The molecule has 0 saturated carbocycles. The minimum Gasteiger partial charge on any atom is -0.327 e. The van der Waals surface area contributed by atoms with Crippen molar-refractivity contribution in [2.45, 2.75) is 35.7 Å².